The second-order valence-corrected chi connectivity index (χ2v) is 4.83. The average molecular weight is 288 g/mol. The SMILES string of the molecule is CCOC1CCN(Nc2cccc(C(F)(F)F)c2)CC1. The first-order valence-corrected chi connectivity index (χ1v) is 6.79. The van der Waals surface area contributed by atoms with Crippen LogP contribution in [0.3, 0.4) is 0 Å². The molecule has 0 aromatic heterocycles. The highest BCUT2D eigenvalue weighted by Gasteiger charge is 2.30. The zero-order valence-electron chi connectivity index (χ0n) is 11.4. The summed E-state index contributed by atoms with van der Waals surface area (Å²) in [6.45, 7) is 4.20. The highest BCUT2D eigenvalue weighted by molar-refractivity contribution is 5.45. The highest BCUT2D eigenvalue weighted by Crippen LogP contribution is 2.30. The van der Waals surface area contributed by atoms with Crippen LogP contribution in [0.2, 0.25) is 0 Å². The van der Waals surface area contributed by atoms with Crippen molar-refractivity contribution in [2.45, 2.75) is 32.0 Å². The van der Waals surface area contributed by atoms with E-state index < -0.39 is 11.7 Å². The molecule has 0 bridgehead atoms. The molecule has 1 N–H and O–H groups in total. The number of nitrogens with zero attached hydrogens (tertiary/aromatic N) is 1. The fraction of sp³-hybridized carbons (Fsp3) is 0.571. The van der Waals surface area contributed by atoms with Gasteiger partial charge >= 0.3 is 6.18 Å². The summed E-state index contributed by atoms with van der Waals surface area (Å²) in [5.41, 5.74) is 2.87. The molecular formula is C14H19F3N2O. The maximum Gasteiger partial charge on any atom is 0.416 e. The van der Waals surface area contributed by atoms with Crippen molar-refractivity contribution in [1.82, 2.24) is 5.01 Å². The molecule has 0 spiro atoms. The van der Waals surface area contributed by atoms with Gasteiger partial charge in [-0.15, -0.1) is 0 Å². The highest BCUT2D eigenvalue weighted by atomic mass is 19.4. The Kier molecular flexibility index (Phi) is 4.88. The molecule has 1 aromatic rings. The van der Waals surface area contributed by atoms with Gasteiger partial charge in [0.1, 0.15) is 0 Å². The Labute approximate surface area is 116 Å². The summed E-state index contributed by atoms with van der Waals surface area (Å²) in [7, 11) is 0. The quantitative estimate of drug-likeness (QED) is 0.917. The van der Waals surface area contributed by atoms with Crippen molar-refractivity contribution in [3.05, 3.63) is 29.8 Å². The van der Waals surface area contributed by atoms with Crippen molar-refractivity contribution in [1.29, 1.82) is 0 Å². The second kappa shape index (κ2) is 6.45. The second-order valence-electron chi connectivity index (χ2n) is 4.83. The smallest absolute Gasteiger partial charge is 0.378 e. The number of hydrogen-bond donors (Lipinski definition) is 1. The van der Waals surface area contributed by atoms with E-state index in [0.29, 0.717) is 12.3 Å². The van der Waals surface area contributed by atoms with Crippen LogP contribution in [0, 0.1) is 0 Å². The van der Waals surface area contributed by atoms with E-state index in [1.807, 2.05) is 11.9 Å². The molecule has 3 nitrogen and oxygen atoms in total. The third-order valence-corrected chi connectivity index (χ3v) is 3.32. The van der Waals surface area contributed by atoms with E-state index in [-0.39, 0.29) is 6.10 Å². The number of rotatable bonds is 4. The molecule has 0 atom stereocenters. The minimum absolute atomic E-state index is 0.263. The summed E-state index contributed by atoms with van der Waals surface area (Å²) in [5, 5.41) is 1.94. The van der Waals surface area contributed by atoms with Crippen LogP contribution in [0.25, 0.3) is 0 Å². The summed E-state index contributed by atoms with van der Waals surface area (Å²) < 4.78 is 43.4. The van der Waals surface area contributed by atoms with E-state index in [1.165, 1.54) is 6.07 Å². The van der Waals surface area contributed by atoms with Crippen LogP contribution in [0.4, 0.5) is 18.9 Å². The lowest BCUT2D eigenvalue weighted by molar-refractivity contribution is -0.137. The molecule has 0 amide bonds. The largest absolute Gasteiger partial charge is 0.416 e. The maximum atomic E-state index is 12.6. The minimum Gasteiger partial charge on any atom is -0.378 e. The number of ether oxygens (including phenoxy) is 1. The number of benzene rings is 1. The van der Waals surface area contributed by atoms with Crippen molar-refractivity contribution in [3.63, 3.8) is 0 Å². The normalized spacial score (nSPS) is 18.2. The van der Waals surface area contributed by atoms with Crippen LogP contribution in [0.1, 0.15) is 25.3 Å². The number of nitrogens with one attached hydrogen (secondary N) is 1. The Bertz CT molecular complexity index is 429. The van der Waals surface area contributed by atoms with E-state index >= 15 is 0 Å². The molecule has 0 radical (unpaired) electrons. The molecule has 20 heavy (non-hydrogen) atoms. The van der Waals surface area contributed by atoms with Gasteiger partial charge in [0.25, 0.3) is 0 Å². The molecular weight excluding hydrogens is 269 g/mol. The number of piperidine rings is 1. The van der Waals surface area contributed by atoms with Crippen molar-refractivity contribution < 1.29 is 17.9 Å². The molecule has 1 heterocycles. The van der Waals surface area contributed by atoms with E-state index in [2.05, 4.69) is 5.43 Å². The number of hydrazine groups is 1. The molecule has 0 aliphatic carbocycles. The minimum atomic E-state index is -4.31. The van der Waals surface area contributed by atoms with Crippen LogP contribution < -0.4 is 5.43 Å². The first-order valence-electron chi connectivity index (χ1n) is 6.79. The lowest BCUT2D eigenvalue weighted by atomic mass is 10.1. The summed E-state index contributed by atoms with van der Waals surface area (Å²) >= 11 is 0. The predicted molar refractivity (Wildman–Crippen MR) is 71.3 cm³/mol. The Morgan fingerprint density at radius 3 is 2.60 bits per heavy atom. The zero-order valence-corrected chi connectivity index (χ0v) is 11.4. The van der Waals surface area contributed by atoms with Gasteiger partial charge in [0, 0.05) is 25.4 Å². The Balaban J connectivity index is 1.91. The summed E-state index contributed by atoms with van der Waals surface area (Å²) in [5.74, 6) is 0. The van der Waals surface area contributed by atoms with Crippen molar-refractivity contribution in [2.75, 3.05) is 25.1 Å². The molecule has 0 unspecified atom stereocenters. The van der Waals surface area contributed by atoms with Gasteiger partial charge in [-0.25, -0.2) is 5.01 Å². The van der Waals surface area contributed by atoms with Gasteiger partial charge < -0.3 is 10.2 Å². The van der Waals surface area contributed by atoms with Gasteiger partial charge in [0.15, 0.2) is 0 Å². The van der Waals surface area contributed by atoms with Gasteiger partial charge in [-0.05, 0) is 38.0 Å². The molecule has 1 fully saturated rings. The molecule has 1 aliphatic rings. The lowest BCUT2D eigenvalue weighted by Crippen LogP contribution is -2.40. The van der Waals surface area contributed by atoms with Crippen molar-refractivity contribution in [2.24, 2.45) is 0 Å². The average Bonchev–Trinajstić information content (AvgIpc) is 2.41. The monoisotopic (exact) mass is 288 g/mol. The van der Waals surface area contributed by atoms with E-state index in [4.69, 9.17) is 4.74 Å². The molecule has 1 aromatic carbocycles. The standard InChI is InChI=1S/C14H19F3N2O/c1-2-20-13-6-8-19(9-7-13)18-12-5-3-4-11(10-12)14(15,16)17/h3-5,10,13,18H,2,6-9H2,1H3. The number of halogens is 3. The van der Waals surface area contributed by atoms with E-state index in [0.717, 1.165) is 38.1 Å². The topological polar surface area (TPSA) is 24.5 Å². The van der Waals surface area contributed by atoms with Crippen LogP contribution in [0.15, 0.2) is 24.3 Å². The molecule has 0 saturated carbocycles. The molecule has 6 heteroatoms. The Morgan fingerprint density at radius 2 is 2.00 bits per heavy atom. The Morgan fingerprint density at radius 1 is 1.30 bits per heavy atom. The van der Waals surface area contributed by atoms with Gasteiger partial charge in [-0.1, -0.05) is 6.07 Å². The molecule has 1 aliphatic heterocycles. The number of alkyl halides is 3. The maximum absolute atomic E-state index is 12.6. The van der Waals surface area contributed by atoms with Crippen molar-refractivity contribution in [3.8, 4) is 0 Å². The number of anilines is 1. The van der Waals surface area contributed by atoms with E-state index in [9.17, 15) is 13.2 Å². The van der Waals surface area contributed by atoms with E-state index in [1.54, 1.807) is 6.07 Å². The predicted octanol–water partition coefficient (Wildman–Crippen LogP) is 3.53. The van der Waals surface area contributed by atoms with Crippen LogP contribution >= 0.6 is 0 Å². The van der Waals surface area contributed by atoms with Crippen LogP contribution in [0.5, 0.6) is 0 Å². The molecule has 112 valence electrons. The fourth-order valence-electron chi connectivity index (χ4n) is 2.32. The molecule has 2 rings (SSSR count). The first kappa shape index (κ1) is 15.1. The fourth-order valence-corrected chi connectivity index (χ4v) is 2.32. The summed E-state index contributed by atoms with van der Waals surface area (Å²) in [4.78, 5) is 0. The summed E-state index contributed by atoms with van der Waals surface area (Å²) in [6.07, 6.45) is -2.27. The third kappa shape index (κ3) is 4.11. The summed E-state index contributed by atoms with van der Waals surface area (Å²) in [6, 6.07) is 5.27. The Hall–Kier alpha value is -1.27. The zero-order chi connectivity index (χ0) is 14.6. The van der Waals surface area contributed by atoms with Gasteiger partial charge in [0.05, 0.1) is 11.7 Å². The lowest BCUT2D eigenvalue weighted by Gasteiger charge is -2.32. The number of hydrogen-bond acceptors (Lipinski definition) is 3. The molecule has 1 saturated heterocycles. The van der Waals surface area contributed by atoms with Crippen LogP contribution in [-0.2, 0) is 10.9 Å². The van der Waals surface area contributed by atoms with Gasteiger partial charge in [-0.2, -0.15) is 13.2 Å². The van der Waals surface area contributed by atoms with Gasteiger partial charge in [-0.3, -0.25) is 0 Å². The first-order chi connectivity index (χ1) is 9.49. The van der Waals surface area contributed by atoms with Gasteiger partial charge in [0.2, 0.25) is 0 Å². The van der Waals surface area contributed by atoms with Crippen LogP contribution in [-0.4, -0.2) is 30.8 Å². The third-order valence-electron chi connectivity index (χ3n) is 3.32. The van der Waals surface area contributed by atoms with Crippen molar-refractivity contribution >= 4 is 5.69 Å².